The Balaban J connectivity index is 1.82. The number of hydrogen-bond acceptors (Lipinski definition) is 2. The summed E-state index contributed by atoms with van der Waals surface area (Å²) in [6, 6.07) is 6.14. The van der Waals surface area contributed by atoms with Crippen LogP contribution in [-0.4, -0.2) is 29.9 Å². The van der Waals surface area contributed by atoms with Gasteiger partial charge in [-0.05, 0) is 50.6 Å². The molecule has 1 N–H and O–H groups in total. The van der Waals surface area contributed by atoms with E-state index in [0.29, 0.717) is 6.54 Å². The van der Waals surface area contributed by atoms with Gasteiger partial charge in [-0.25, -0.2) is 4.39 Å². The van der Waals surface area contributed by atoms with Gasteiger partial charge < -0.3 is 5.32 Å². The molecule has 0 radical (unpaired) electrons. The monoisotopic (exact) mass is 278 g/mol. The van der Waals surface area contributed by atoms with Crippen LogP contribution >= 0.6 is 0 Å². The first kappa shape index (κ1) is 15.0. The molecule has 110 valence electrons. The molecule has 3 nitrogen and oxygen atoms in total. The zero-order valence-corrected chi connectivity index (χ0v) is 12.1. The summed E-state index contributed by atoms with van der Waals surface area (Å²) in [6.07, 6.45) is 4.88. The number of amides is 1. The number of rotatable bonds is 4. The van der Waals surface area contributed by atoms with E-state index in [0.717, 1.165) is 18.7 Å². The molecule has 0 unspecified atom stereocenters. The van der Waals surface area contributed by atoms with Gasteiger partial charge in [0.1, 0.15) is 5.82 Å². The Labute approximate surface area is 120 Å². The number of hydrogen-bond donors (Lipinski definition) is 1. The van der Waals surface area contributed by atoms with Gasteiger partial charge >= 0.3 is 0 Å². The van der Waals surface area contributed by atoms with E-state index in [-0.39, 0.29) is 17.8 Å². The summed E-state index contributed by atoms with van der Waals surface area (Å²) >= 11 is 0. The topological polar surface area (TPSA) is 32.3 Å². The van der Waals surface area contributed by atoms with Gasteiger partial charge in [-0.1, -0.05) is 25.0 Å². The second-order valence-electron chi connectivity index (χ2n) is 5.47. The summed E-state index contributed by atoms with van der Waals surface area (Å²) in [7, 11) is 0. The minimum absolute atomic E-state index is 0.0521. The highest BCUT2D eigenvalue weighted by Crippen LogP contribution is 2.12. The molecule has 0 saturated carbocycles. The zero-order chi connectivity index (χ0) is 14.4. The van der Waals surface area contributed by atoms with Crippen molar-refractivity contribution in [3.63, 3.8) is 0 Å². The number of benzene rings is 1. The van der Waals surface area contributed by atoms with Crippen LogP contribution in [0.1, 0.15) is 38.2 Å². The third kappa shape index (κ3) is 4.30. The Morgan fingerprint density at radius 2 is 1.80 bits per heavy atom. The maximum absolute atomic E-state index is 12.8. The molecule has 1 aliphatic rings. The van der Waals surface area contributed by atoms with E-state index in [1.807, 2.05) is 6.92 Å². The van der Waals surface area contributed by atoms with Gasteiger partial charge in [0, 0.05) is 6.54 Å². The third-order valence-corrected chi connectivity index (χ3v) is 3.95. The van der Waals surface area contributed by atoms with E-state index in [4.69, 9.17) is 0 Å². The van der Waals surface area contributed by atoms with Gasteiger partial charge in [-0.2, -0.15) is 0 Å². The Morgan fingerprint density at radius 1 is 1.20 bits per heavy atom. The zero-order valence-electron chi connectivity index (χ0n) is 12.1. The number of carbonyl (C=O) groups is 1. The summed E-state index contributed by atoms with van der Waals surface area (Å²) in [4.78, 5) is 14.4. The third-order valence-electron chi connectivity index (χ3n) is 3.95. The predicted octanol–water partition coefficient (Wildman–Crippen LogP) is 2.71. The summed E-state index contributed by atoms with van der Waals surface area (Å²) in [5.41, 5.74) is 0.919. The lowest BCUT2D eigenvalue weighted by Crippen LogP contribution is -2.45. The highest BCUT2D eigenvalue weighted by Gasteiger charge is 2.21. The molecule has 20 heavy (non-hydrogen) atoms. The van der Waals surface area contributed by atoms with Crippen LogP contribution in [0.15, 0.2) is 24.3 Å². The SMILES string of the molecule is C[C@@H](C(=O)NCc1ccc(F)cc1)N1CCCCCC1. The fraction of sp³-hybridized carbons (Fsp3) is 0.562. The summed E-state index contributed by atoms with van der Waals surface area (Å²) in [5, 5.41) is 2.93. The number of halogens is 1. The van der Waals surface area contributed by atoms with Crippen LogP contribution in [0.25, 0.3) is 0 Å². The number of likely N-dealkylation sites (tertiary alicyclic amines) is 1. The van der Waals surface area contributed by atoms with Crippen molar-refractivity contribution in [1.29, 1.82) is 0 Å². The van der Waals surface area contributed by atoms with Crippen molar-refractivity contribution in [3.8, 4) is 0 Å². The van der Waals surface area contributed by atoms with E-state index >= 15 is 0 Å². The van der Waals surface area contributed by atoms with Gasteiger partial charge in [-0.15, -0.1) is 0 Å². The molecule has 1 saturated heterocycles. The van der Waals surface area contributed by atoms with Crippen molar-refractivity contribution >= 4 is 5.91 Å². The normalized spacial score (nSPS) is 18.3. The minimum Gasteiger partial charge on any atom is -0.351 e. The van der Waals surface area contributed by atoms with Crippen LogP contribution in [0.5, 0.6) is 0 Å². The Bertz CT molecular complexity index is 425. The first-order chi connectivity index (χ1) is 9.66. The summed E-state index contributed by atoms with van der Waals surface area (Å²) < 4.78 is 12.8. The fourth-order valence-corrected chi connectivity index (χ4v) is 2.59. The average Bonchev–Trinajstić information content (AvgIpc) is 2.74. The molecular weight excluding hydrogens is 255 g/mol. The van der Waals surface area contributed by atoms with Crippen LogP contribution in [-0.2, 0) is 11.3 Å². The van der Waals surface area contributed by atoms with Crippen LogP contribution in [0.4, 0.5) is 4.39 Å². The van der Waals surface area contributed by atoms with E-state index in [2.05, 4.69) is 10.2 Å². The van der Waals surface area contributed by atoms with E-state index in [9.17, 15) is 9.18 Å². The standard InChI is InChI=1S/C16H23FN2O/c1-13(19-10-4-2-3-5-11-19)16(20)18-12-14-6-8-15(17)9-7-14/h6-9,13H,2-5,10-12H2,1H3,(H,18,20)/t13-/m0/s1. The lowest BCUT2D eigenvalue weighted by molar-refractivity contribution is -0.126. The largest absolute Gasteiger partial charge is 0.351 e. The second kappa shape index (κ2) is 7.39. The maximum atomic E-state index is 12.8. The quantitative estimate of drug-likeness (QED) is 0.918. The molecule has 1 aromatic rings. The van der Waals surface area contributed by atoms with Crippen molar-refractivity contribution in [2.24, 2.45) is 0 Å². The molecule has 0 aromatic heterocycles. The molecule has 1 amide bonds. The number of carbonyl (C=O) groups excluding carboxylic acids is 1. The van der Waals surface area contributed by atoms with E-state index in [1.54, 1.807) is 12.1 Å². The van der Waals surface area contributed by atoms with Crippen LogP contribution in [0.3, 0.4) is 0 Å². The second-order valence-corrected chi connectivity index (χ2v) is 5.47. The molecular formula is C16H23FN2O. The number of nitrogens with zero attached hydrogens (tertiary/aromatic N) is 1. The highest BCUT2D eigenvalue weighted by molar-refractivity contribution is 5.81. The lowest BCUT2D eigenvalue weighted by Gasteiger charge is -2.26. The maximum Gasteiger partial charge on any atom is 0.237 e. The first-order valence-electron chi connectivity index (χ1n) is 7.43. The van der Waals surface area contributed by atoms with Gasteiger partial charge in [0.2, 0.25) is 5.91 Å². The molecule has 1 aromatic carbocycles. The first-order valence-corrected chi connectivity index (χ1v) is 7.43. The van der Waals surface area contributed by atoms with Crippen molar-refractivity contribution < 1.29 is 9.18 Å². The predicted molar refractivity (Wildman–Crippen MR) is 77.7 cm³/mol. The fourth-order valence-electron chi connectivity index (χ4n) is 2.59. The van der Waals surface area contributed by atoms with Gasteiger partial charge in [-0.3, -0.25) is 9.69 Å². The van der Waals surface area contributed by atoms with E-state index < -0.39 is 0 Å². The molecule has 0 aliphatic carbocycles. The minimum atomic E-state index is -0.252. The van der Waals surface area contributed by atoms with E-state index in [1.165, 1.54) is 37.8 Å². The molecule has 2 rings (SSSR count). The van der Waals surface area contributed by atoms with Crippen molar-refractivity contribution in [1.82, 2.24) is 10.2 Å². The number of nitrogens with one attached hydrogen (secondary N) is 1. The molecule has 0 bridgehead atoms. The molecule has 1 heterocycles. The average molecular weight is 278 g/mol. The Kier molecular flexibility index (Phi) is 5.53. The van der Waals surface area contributed by atoms with Crippen LogP contribution in [0.2, 0.25) is 0 Å². The highest BCUT2D eigenvalue weighted by atomic mass is 19.1. The lowest BCUT2D eigenvalue weighted by atomic mass is 10.2. The van der Waals surface area contributed by atoms with Gasteiger partial charge in [0.05, 0.1) is 6.04 Å². The van der Waals surface area contributed by atoms with Gasteiger partial charge in [0.15, 0.2) is 0 Å². The van der Waals surface area contributed by atoms with Crippen molar-refractivity contribution in [3.05, 3.63) is 35.6 Å². The molecule has 1 aliphatic heterocycles. The Morgan fingerprint density at radius 3 is 2.40 bits per heavy atom. The molecule has 4 heteroatoms. The molecule has 1 fully saturated rings. The van der Waals surface area contributed by atoms with Gasteiger partial charge in [0.25, 0.3) is 0 Å². The van der Waals surface area contributed by atoms with Crippen LogP contribution < -0.4 is 5.32 Å². The smallest absolute Gasteiger partial charge is 0.237 e. The van der Waals surface area contributed by atoms with Crippen molar-refractivity contribution in [2.45, 2.75) is 45.2 Å². The summed E-state index contributed by atoms with van der Waals surface area (Å²) in [6.45, 7) is 4.43. The van der Waals surface area contributed by atoms with Crippen LogP contribution in [0, 0.1) is 5.82 Å². The molecule has 0 spiro atoms. The Hall–Kier alpha value is -1.42. The molecule has 1 atom stereocenters. The summed E-state index contributed by atoms with van der Waals surface area (Å²) in [5.74, 6) is -0.200. The van der Waals surface area contributed by atoms with Crippen molar-refractivity contribution in [2.75, 3.05) is 13.1 Å².